The topological polar surface area (TPSA) is 61.4 Å². The van der Waals surface area contributed by atoms with Gasteiger partial charge in [0.2, 0.25) is 11.8 Å². The molecule has 1 heterocycles. The highest BCUT2D eigenvalue weighted by atomic mass is 35.5. The van der Waals surface area contributed by atoms with Gasteiger partial charge in [-0.3, -0.25) is 14.9 Å². The molecule has 164 valence electrons. The average molecular weight is 448 g/mol. The number of nitrogens with zero attached hydrogens (tertiary/aromatic N) is 1. The maximum atomic E-state index is 13.1. The number of hydrogen-bond donors (Lipinski definition) is 2. The van der Waals surface area contributed by atoms with Gasteiger partial charge in [0.1, 0.15) is 6.04 Å². The summed E-state index contributed by atoms with van der Waals surface area (Å²) in [6, 6.07) is 22.5. The van der Waals surface area contributed by atoms with Crippen molar-refractivity contribution in [1.29, 1.82) is 0 Å². The Hall–Kier alpha value is -3.15. The molecule has 0 saturated carbocycles. The highest BCUT2D eigenvalue weighted by molar-refractivity contribution is 6.31. The summed E-state index contributed by atoms with van der Waals surface area (Å²) in [5.41, 5.74) is 4.45. The first kappa shape index (κ1) is 22.1. The molecule has 4 rings (SSSR count). The molecule has 1 atom stereocenters. The molecule has 0 spiro atoms. The second-order valence-corrected chi connectivity index (χ2v) is 8.40. The molecule has 3 aromatic carbocycles. The number of carbonyl (C=O) groups excluding carboxylic acids is 2. The molecule has 6 heteroatoms. The van der Waals surface area contributed by atoms with E-state index in [0.717, 1.165) is 35.3 Å². The lowest BCUT2D eigenvalue weighted by atomic mass is 10.1. The minimum Gasteiger partial charge on any atom is -0.324 e. The van der Waals surface area contributed by atoms with Gasteiger partial charge in [-0.05, 0) is 54.3 Å². The molecule has 0 aromatic heterocycles. The van der Waals surface area contributed by atoms with E-state index in [1.807, 2.05) is 78.6 Å². The van der Waals surface area contributed by atoms with Crippen molar-refractivity contribution in [3.05, 3.63) is 94.5 Å². The zero-order valence-corrected chi connectivity index (χ0v) is 18.7. The minimum atomic E-state index is -0.531. The zero-order valence-electron chi connectivity index (χ0n) is 18.0. The maximum Gasteiger partial charge on any atom is 0.246 e. The monoisotopic (exact) mass is 447 g/mol. The van der Waals surface area contributed by atoms with Gasteiger partial charge < -0.3 is 10.2 Å². The van der Waals surface area contributed by atoms with Crippen molar-refractivity contribution in [2.24, 2.45) is 0 Å². The molecule has 32 heavy (non-hydrogen) atoms. The van der Waals surface area contributed by atoms with Crippen LogP contribution in [0.15, 0.2) is 72.8 Å². The van der Waals surface area contributed by atoms with Crippen molar-refractivity contribution in [2.75, 3.05) is 16.8 Å². The van der Waals surface area contributed by atoms with Gasteiger partial charge in [-0.1, -0.05) is 60.1 Å². The number of carbonyl (C=O) groups is 2. The summed E-state index contributed by atoms with van der Waals surface area (Å²) in [4.78, 5) is 26.9. The van der Waals surface area contributed by atoms with Gasteiger partial charge in [-0.15, -0.1) is 0 Å². The van der Waals surface area contributed by atoms with Crippen molar-refractivity contribution < 1.29 is 9.59 Å². The zero-order chi connectivity index (χ0) is 22.5. The number of aryl methyl sites for hydroxylation is 1. The second kappa shape index (κ2) is 9.98. The Labute approximate surface area is 193 Å². The normalized spacial score (nSPS) is 14.4. The average Bonchev–Trinajstić information content (AvgIpc) is 3.23. The highest BCUT2D eigenvalue weighted by Crippen LogP contribution is 2.24. The molecule has 2 amide bonds. The number of anilines is 2. The summed E-state index contributed by atoms with van der Waals surface area (Å²) < 4.78 is 0. The van der Waals surface area contributed by atoms with Crippen LogP contribution in [-0.4, -0.2) is 18.4 Å². The van der Waals surface area contributed by atoms with E-state index >= 15 is 0 Å². The van der Waals surface area contributed by atoms with Crippen LogP contribution in [0, 0.1) is 6.92 Å². The van der Waals surface area contributed by atoms with Crippen LogP contribution < -0.4 is 15.5 Å². The van der Waals surface area contributed by atoms with E-state index in [-0.39, 0.29) is 11.8 Å². The fourth-order valence-electron chi connectivity index (χ4n) is 3.83. The lowest BCUT2D eigenvalue weighted by Gasteiger charge is -2.20. The van der Waals surface area contributed by atoms with Crippen LogP contribution in [0.25, 0.3) is 0 Å². The van der Waals surface area contributed by atoms with Crippen LogP contribution in [0.5, 0.6) is 0 Å². The summed E-state index contributed by atoms with van der Waals surface area (Å²) >= 11 is 6.21. The van der Waals surface area contributed by atoms with Gasteiger partial charge in [0.05, 0.1) is 0 Å². The molecule has 0 aliphatic carbocycles. The molecular weight excluding hydrogens is 422 g/mol. The Morgan fingerprint density at radius 2 is 1.81 bits per heavy atom. The lowest BCUT2D eigenvalue weighted by molar-refractivity contribution is -0.118. The molecule has 1 aliphatic heterocycles. The fraction of sp³-hybridized carbons (Fsp3) is 0.231. The van der Waals surface area contributed by atoms with E-state index in [9.17, 15) is 9.59 Å². The smallest absolute Gasteiger partial charge is 0.246 e. The molecular formula is C26H26ClN3O2. The SMILES string of the molecule is Cc1ccc(NC(=O)[C@H](NCc2ccc(N3CCCC3=O)cc2)c2ccccc2)cc1Cl. The summed E-state index contributed by atoms with van der Waals surface area (Å²) in [6.45, 7) is 3.21. The van der Waals surface area contributed by atoms with Gasteiger partial charge in [0.15, 0.2) is 0 Å². The van der Waals surface area contributed by atoms with Crippen LogP contribution in [0.4, 0.5) is 11.4 Å². The Morgan fingerprint density at radius 1 is 1.06 bits per heavy atom. The van der Waals surface area contributed by atoms with Crippen LogP contribution in [0.2, 0.25) is 5.02 Å². The first-order valence-electron chi connectivity index (χ1n) is 10.8. The molecule has 1 aliphatic rings. The molecule has 1 saturated heterocycles. The maximum absolute atomic E-state index is 13.1. The third kappa shape index (κ3) is 5.18. The Kier molecular flexibility index (Phi) is 6.88. The third-order valence-electron chi connectivity index (χ3n) is 5.67. The summed E-state index contributed by atoms with van der Waals surface area (Å²) in [5, 5.41) is 6.95. The lowest BCUT2D eigenvalue weighted by Crippen LogP contribution is -2.32. The molecule has 2 N–H and O–H groups in total. The van der Waals surface area contributed by atoms with Gasteiger partial charge in [0, 0.05) is 35.9 Å². The number of rotatable bonds is 7. The van der Waals surface area contributed by atoms with Crippen molar-refractivity contribution in [3.8, 4) is 0 Å². The predicted octanol–water partition coefficient (Wildman–Crippen LogP) is 5.24. The van der Waals surface area contributed by atoms with E-state index in [4.69, 9.17) is 11.6 Å². The van der Waals surface area contributed by atoms with E-state index in [1.54, 1.807) is 6.07 Å². The first-order chi connectivity index (χ1) is 15.5. The number of benzene rings is 3. The second-order valence-electron chi connectivity index (χ2n) is 7.99. The standard InChI is InChI=1S/C26H26ClN3O2/c1-18-9-12-21(16-23(18)27)29-26(32)25(20-6-3-2-4-7-20)28-17-19-10-13-22(14-11-19)30-15-5-8-24(30)31/h2-4,6-7,9-14,16,25,28H,5,8,15,17H2,1H3,(H,29,32)/t25-/m1/s1. The highest BCUT2D eigenvalue weighted by Gasteiger charge is 2.22. The van der Waals surface area contributed by atoms with Crippen molar-refractivity contribution >= 4 is 34.8 Å². The first-order valence-corrected chi connectivity index (χ1v) is 11.1. The predicted molar refractivity (Wildman–Crippen MR) is 129 cm³/mol. The molecule has 0 unspecified atom stereocenters. The van der Waals surface area contributed by atoms with Gasteiger partial charge in [0.25, 0.3) is 0 Å². The van der Waals surface area contributed by atoms with Crippen molar-refractivity contribution in [1.82, 2.24) is 5.32 Å². The number of amides is 2. The number of halogens is 1. The van der Waals surface area contributed by atoms with E-state index in [1.165, 1.54) is 0 Å². The van der Waals surface area contributed by atoms with Gasteiger partial charge in [-0.2, -0.15) is 0 Å². The molecule has 1 fully saturated rings. The van der Waals surface area contributed by atoms with Crippen LogP contribution >= 0.6 is 11.6 Å². The molecule has 5 nitrogen and oxygen atoms in total. The number of hydrogen-bond acceptors (Lipinski definition) is 3. The van der Waals surface area contributed by atoms with Crippen molar-refractivity contribution in [2.45, 2.75) is 32.4 Å². The van der Waals surface area contributed by atoms with Gasteiger partial charge in [-0.25, -0.2) is 0 Å². The number of nitrogens with one attached hydrogen (secondary N) is 2. The molecule has 3 aromatic rings. The summed E-state index contributed by atoms with van der Waals surface area (Å²) in [7, 11) is 0. The quantitative estimate of drug-likeness (QED) is 0.520. The van der Waals surface area contributed by atoms with Crippen LogP contribution in [0.3, 0.4) is 0 Å². The Balaban J connectivity index is 1.47. The Morgan fingerprint density at radius 3 is 2.47 bits per heavy atom. The van der Waals surface area contributed by atoms with Gasteiger partial charge >= 0.3 is 0 Å². The van der Waals surface area contributed by atoms with Crippen LogP contribution in [-0.2, 0) is 16.1 Å². The fourth-order valence-corrected chi connectivity index (χ4v) is 4.01. The Bertz CT molecular complexity index is 1100. The summed E-state index contributed by atoms with van der Waals surface area (Å²) in [6.07, 6.45) is 1.52. The molecule has 0 bridgehead atoms. The summed E-state index contributed by atoms with van der Waals surface area (Å²) in [5.74, 6) is 0.0169. The largest absolute Gasteiger partial charge is 0.324 e. The third-order valence-corrected chi connectivity index (χ3v) is 6.07. The van der Waals surface area contributed by atoms with Crippen LogP contribution in [0.1, 0.15) is 35.6 Å². The van der Waals surface area contributed by atoms with E-state index < -0.39 is 6.04 Å². The van der Waals surface area contributed by atoms with E-state index in [0.29, 0.717) is 23.7 Å². The molecule has 0 radical (unpaired) electrons. The van der Waals surface area contributed by atoms with E-state index in [2.05, 4.69) is 10.6 Å². The minimum absolute atomic E-state index is 0.157. The van der Waals surface area contributed by atoms with Crippen molar-refractivity contribution in [3.63, 3.8) is 0 Å².